The van der Waals surface area contributed by atoms with E-state index in [4.69, 9.17) is 17.0 Å². The van der Waals surface area contributed by atoms with Gasteiger partial charge in [-0.05, 0) is 61.5 Å². The Kier molecular flexibility index (Phi) is 9.16. The van der Waals surface area contributed by atoms with Crippen LogP contribution in [0.3, 0.4) is 0 Å². The third-order valence-electron chi connectivity index (χ3n) is 5.47. The summed E-state index contributed by atoms with van der Waals surface area (Å²) in [5.74, 6) is -0.178. The minimum Gasteiger partial charge on any atom is -0.496 e. The number of rotatable bonds is 6. The molecule has 1 aliphatic rings. The molecule has 0 saturated heterocycles. The van der Waals surface area contributed by atoms with Crippen LogP contribution in [0.4, 0.5) is 5.69 Å². The molecule has 1 saturated carbocycles. The molecule has 0 aliphatic heterocycles. The lowest BCUT2D eigenvalue weighted by Gasteiger charge is -2.20. The van der Waals surface area contributed by atoms with Crippen molar-refractivity contribution < 1.29 is 19.1 Å². The predicted molar refractivity (Wildman–Crippen MR) is 135 cm³/mol. The van der Waals surface area contributed by atoms with Crippen molar-refractivity contribution in [1.82, 2.24) is 16.2 Å². The number of methoxy groups -OCH3 is 1. The van der Waals surface area contributed by atoms with Gasteiger partial charge in [0.05, 0.1) is 7.11 Å². The van der Waals surface area contributed by atoms with Crippen LogP contribution in [0, 0.1) is 5.92 Å². The zero-order chi connectivity index (χ0) is 24.3. The molecule has 2 aromatic rings. The van der Waals surface area contributed by atoms with Crippen molar-refractivity contribution in [1.29, 1.82) is 0 Å². The van der Waals surface area contributed by atoms with Gasteiger partial charge in [-0.2, -0.15) is 0 Å². The Labute approximate surface area is 204 Å². The molecule has 2 aromatic carbocycles. The standard InChI is InChI=1S/C25H28N4O4S/c1-33-21-10-6-5-7-17(21)13-16-22(30)27-25(34)29-28-24(32)19-11-14-20(15-12-19)26-23(31)18-8-3-2-4-9-18/h5-7,10-16,18H,2-4,8-9H2,1H3,(H,26,31)(H,28,32)(H2,27,29,30,34). The summed E-state index contributed by atoms with van der Waals surface area (Å²) < 4.78 is 5.23. The molecule has 9 heteroatoms. The SMILES string of the molecule is COc1ccccc1C=CC(=O)NC(=S)NNC(=O)c1ccc(NC(=O)C2CCCCC2)cc1. The van der Waals surface area contributed by atoms with E-state index < -0.39 is 11.8 Å². The molecule has 0 unspecified atom stereocenters. The summed E-state index contributed by atoms with van der Waals surface area (Å²) in [4.78, 5) is 36.8. The highest BCUT2D eigenvalue weighted by Gasteiger charge is 2.21. The molecule has 1 aliphatic carbocycles. The van der Waals surface area contributed by atoms with E-state index in [0.29, 0.717) is 17.0 Å². The fraction of sp³-hybridized carbons (Fsp3) is 0.280. The summed E-state index contributed by atoms with van der Waals surface area (Å²) in [5, 5.41) is 5.30. The van der Waals surface area contributed by atoms with Crippen LogP contribution in [0.2, 0.25) is 0 Å². The smallest absolute Gasteiger partial charge is 0.269 e. The Morgan fingerprint density at radius 3 is 2.38 bits per heavy atom. The number of ether oxygens (including phenoxy) is 1. The number of amides is 3. The van der Waals surface area contributed by atoms with Crippen LogP contribution in [0.25, 0.3) is 6.08 Å². The number of benzene rings is 2. The number of hydrogen-bond acceptors (Lipinski definition) is 5. The van der Waals surface area contributed by atoms with Crippen LogP contribution in [-0.4, -0.2) is 29.9 Å². The fourth-order valence-corrected chi connectivity index (χ4v) is 3.81. The second-order valence-corrected chi connectivity index (χ2v) is 8.28. The third-order valence-corrected chi connectivity index (χ3v) is 5.67. The highest BCUT2D eigenvalue weighted by molar-refractivity contribution is 7.80. The van der Waals surface area contributed by atoms with E-state index in [1.165, 1.54) is 12.5 Å². The lowest BCUT2D eigenvalue weighted by atomic mass is 9.88. The van der Waals surface area contributed by atoms with Crippen molar-refractivity contribution in [2.75, 3.05) is 12.4 Å². The van der Waals surface area contributed by atoms with Gasteiger partial charge in [-0.3, -0.25) is 30.6 Å². The summed E-state index contributed by atoms with van der Waals surface area (Å²) in [7, 11) is 1.55. The van der Waals surface area contributed by atoms with Gasteiger partial charge in [-0.1, -0.05) is 37.5 Å². The second kappa shape index (κ2) is 12.5. The Hall–Kier alpha value is -3.72. The van der Waals surface area contributed by atoms with E-state index >= 15 is 0 Å². The summed E-state index contributed by atoms with van der Waals surface area (Å²) in [6.07, 6.45) is 8.12. The first-order chi connectivity index (χ1) is 16.5. The van der Waals surface area contributed by atoms with Gasteiger partial charge in [0.1, 0.15) is 5.75 Å². The first kappa shape index (κ1) is 24.9. The van der Waals surface area contributed by atoms with Crippen LogP contribution in [0.1, 0.15) is 48.0 Å². The van der Waals surface area contributed by atoms with Crippen LogP contribution in [0.5, 0.6) is 5.75 Å². The Morgan fingerprint density at radius 1 is 0.971 bits per heavy atom. The van der Waals surface area contributed by atoms with Gasteiger partial charge in [0, 0.05) is 28.8 Å². The van der Waals surface area contributed by atoms with E-state index in [1.54, 1.807) is 43.5 Å². The second-order valence-electron chi connectivity index (χ2n) is 7.87. The van der Waals surface area contributed by atoms with Gasteiger partial charge in [0.2, 0.25) is 11.8 Å². The molecule has 1 fully saturated rings. The number of hydrogen-bond donors (Lipinski definition) is 4. The van der Waals surface area contributed by atoms with Crippen LogP contribution >= 0.6 is 12.2 Å². The van der Waals surface area contributed by atoms with Gasteiger partial charge in [0.25, 0.3) is 5.91 Å². The maximum Gasteiger partial charge on any atom is 0.269 e. The van der Waals surface area contributed by atoms with Gasteiger partial charge in [0.15, 0.2) is 5.11 Å². The third kappa shape index (κ3) is 7.41. The number of carbonyl (C=O) groups excluding carboxylic acids is 3. The molecule has 0 atom stereocenters. The Morgan fingerprint density at radius 2 is 1.68 bits per heavy atom. The summed E-state index contributed by atoms with van der Waals surface area (Å²) >= 11 is 5.04. The molecular weight excluding hydrogens is 452 g/mol. The number of hydrazine groups is 1. The molecule has 0 bridgehead atoms. The lowest BCUT2D eigenvalue weighted by molar-refractivity contribution is -0.120. The molecular formula is C25H28N4O4S. The Balaban J connectivity index is 1.43. The molecule has 0 radical (unpaired) electrons. The van der Waals surface area contributed by atoms with E-state index in [2.05, 4.69) is 21.5 Å². The largest absolute Gasteiger partial charge is 0.496 e. The van der Waals surface area contributed by atoms with Crippen LogP contribution in [-0.2, 0) is 9.59 Å². The molecule has 0 spiro atoms. The van der Waals surface area contributed by atoms with E-state index in [0.717, 1.165) is 31.2 Å². The maximum absolute atomic E-state index is 12.4. The number of thiocarbonyl (C=S) groups is 1. The van der Waals surface area contributed by atoms with Crippen molar-refractivity contribution in [3.63, 3.8) is 0 Å². The van der Waals surface area contributed by atoms with Gasteiger partial charge in [-0.25, -0.2) is 0 Å². The Bertz CT molecular complexity index is 1060. The van der Waals surface area contributed by atoms with Crippen LogP contribution in [0.15, 0.2) is 54.6 Å². The molecule has 4 N–H and O–H groups in total. The maximum atomic E-state index is 12.4. The zero-order valence-corrected chi connectivity index (χ0v) is 19.7. The molecule has 0 aromatic heterocycles. The number of para-hydroxylation sites is 1. The normalized spacial score (nSPS) is 13.7. The zero-order valence-electron chi connectivity index (χ0n) is 18.9. The summed E-state index contributed by atoms with van der Waals surface area (Å²) in [6, 6.07) is 13.8. The lowest BCUT2D eigenvalue weighted by Crippen LogP contribution is -2.48. The molecule has 0 heterocycles. The van der Waals surface area contributed by atoms with Crippen molar-refractivity contribution in [2.45, 2.75) is 32.1 Å². The molecule has 34 heavy (non-hydrogen) atoms. The number of carbonyl (C=O) groups is 3. The average molecular weight is 481 g/mol. The summed E-state index contributed by atoms with van der Waals surface area (Å²) in [5.41, 5.74) is 6.68. The quantitative estimate of drug-likeness (QED) is 0.286. The number of nitrogens with one attached hydrogen (secondary N) is 4. The minimum atomic E-state index is -0.462. The van der Waals surface area contributed by atoms with Crippen molar-refractivity contribution >= 4 is 46.8 Å². The highest BCUT2D eigenvalue weighted by Crippen LogP contribution is 2.25. The van der Waals surface area contributed by atoms with E-state index in [-0.39, 0.29) is 16.9 Å². The van der Waals surface area contributed by atoms with E-state index in [1.807, 2.05) is 18.2 Å². The predicted octanol–water partition coefficient (Wildman–Crippen LogP) is 3.56. The molecule has 3 rings (SSSR count). The number of anilines is 1. The fourth-order valence-electron chi connectivity index (χ4n) is 3.65. The van der Waals surface area contributed by atoms with Crippen molar-refractivity contribution in [3.8, 4) is 5.75 Å². The van der Waals surface area contributed by atoms with Gasteiger partial charge < -0.3 is 10.1 Å². The molecule has 8 nitrogen and oxygen atoms in total. The van der Waals surface area contributed by atoms with Crippen molar-refractivity contribution in [3.05, 3.63) is 65.7 Å². The first-order valence-electron chi connectivity index (χ1n) is 11.1. The molecule has 3 amide bonds. The van der Waals surface area contributed by atoms with E-state index in [9.17, 15) is 14.4 Å². The topological polar surface area (TPSA) is 109 Å². The average Bonchev–Trinajstić information content (AvgIpc) is 2.87. The van der Waals surface area contributed by atoms with Crippen LogP contribution < -0.4 is 26.2 Å². The minimum absolute atomic E-state index is 0.0272. The monoisotopic (exact) mass is 480 g/mol. The van der Waals surface area contributed by atoms with Crippen molar-refractivity contribution in [2.24, 2.45) is 5.92 Å². The highest BCUT2D eigenvalue weighted by atomic mass is 32.1. The van der Waals surface area contributed by atoms with Gasteiger partial charge in [-0.15, -0.1) is 0 Å². The van der Waals surface area contributed by atoms with Gasteiger partial charge >= 0.3 is 0 Å². The molecule has 178 valence electrons. The summed E-state index contributed by atoms with van der Waals surface area (Å²) in [6.45, 7) is 0. The first-order valence-corrected chi connectivity index (χ1v) is 11.5.